The Morgan fingerprint density at radius 3 is 2.59 bits per heavy atom. The van der Waals surface area contributed by atoms with Crippen LogP contribution in [-0.2, 0) is 0 Å². The summed E-state index contributed by atoms with van der Waals surface area (Å²) in [7, 11) is 3.19. The highest BCUT2D eigenvalue weighted by atomic mass is 16.5. The molecule has 0 aromatic heterocycles. The van der Waals surface area contributed by atoms with Crippen LogP contribution in [0.25, 0.3) is 0 Å². The molecule has 0 saturated heterocycles. The van der Waals surface area contributed by atoms with E-state index in [-0.39, 0.29) is 0 Å². The van der Waals surface area contributed by atoms with Crippen LogP contribution in [-0.4, -0.2) is 20.6 Å². The molecule has 2 aromatic carbocycles. The van der Waals surface area contributed by atoms with Gasteiger partial charge in [-0.05, 0) is 18.2 Å². The molecule has 6 heteroatoms. The van der Waals surface area contributed by atoms with Crippen LogP contribution in [0.5, 0.6) is 17.2 Å². The largest absolute Gasteiger partial charge is 0.493 e. The highest BCUT2D eigenvalue weighted by Crippen LogP contribution is 2.39. The fourth-order valence-electron chi connectivity index (χ4n) is 2.29. The molecule has 2 aromatic rings. The molecular formula is C16H17N3O3. The van der Waals surface area contributed by atoms with Gasteiger partial charge in [0.25, 0.3) is 0 Å². The summed E-state index contributed by atoms with van der Waals surface area (Å²) in [5, 5.41) is 3.08. The van der Waals surface area contributed by atoms with Crippen LogP contribution >= 0.6 is 0 Å². The van der Waals surface area contributed by atoms with Gasteiger partial charge in [0.05, 0.1) is 26.2 Å². The fourth-order valence-corrected chi connectivity index (χ4v) is 2.29. The summed E-state index contributed by atoms with van der Waals surface area (Å²) in [6, 6.07) is 11.0. The van der Waals surface area contributed by atoms with Crippen LogP contribution in [0.3, 0.4) is 0 Å². The van der Waals surface area contributed by atoms with Gasteiger partial charge in [-0.25, -0.2) is 4.99 Å². The van der Waals surface area contributed by atoms with Gasteiger partial charge in [0, 0.05) is 23.4 Å². The second-order valence-electron chi connectivity index (χ2n) is 4.76. The summed E-state index contributed by atoms with van der Waals surface area (Å²) in [5.74, 6) is 1.93. The van der Waals surface area contributed by atoms with E-state index in [1.54, 1.807) is 32.7 Å². The van der Waals surface area contributed by atoms with Crippen molar-refractivity contribution in [1.82, 2.24) is 0 Å². The first-order valence-corrected chi connectivity index (χ1v) is 6.77. The maximum Gasteiger partial charge on any atom is 0.219 e. The molecule has 1 unspecified atom stereocenters. The molecule has 0 spiro atoms. The van der Waals surface area contributed by atoms with Gasteiger partial charge in [0.2, 0.25) is 6.23 Å². The molecule has 0 bridgehead atoms. The van der Waals surface area contributed by atoms with Crippen molar-refractivity contribution in [1.29, 1.82) is 0 Å². The second kappa shape index (κ2) is 5.85. The summed E-state index contributed by atoms with van der Waals surface area (Å²) in [6.45, 7) is 0. The first kappa shape index (κ1) is 14.1. The van der Waals surface area contributed by atoms with Crippen LogP contribution in [0, 0.1) is 0 Å². The standard InChI is InChI=1S/C16H17N3O3/c1-20-14-7-12-13(8-15(14)21-2)18-9-19-16(12)22-11-5-3-4-10(17)6-11/h3-9,16H,17H2,1-2H3,(H,18,19). The normalized spacial score (nSPS) is 15.6. The number of nitrogen functional groups attached to an aromatic ring is 1. The molecule has 0 radical (unpaired) electrons. The van der Waals surface area contributed by atoms with Crippen molar-refractivity contribution in [2.45, 2.75) is 6.23 Å². The molecule has 0 saturated carbocycles. The van der Waals surface area contributed by atoms with E-state index in [9.17, 15) is 0 Å². The lowest BCUT2D eigenvalue weighted by Gasteiger charge is -2.23. The summed E-state index contributed by atoms with van der Waals surface area (Å²) < 4.78 is 16.6. The third-order valence-corrected chi connectivity index (χ3v) is 3.36. The van der Waals surface area contributed by atoms with Crippen molar-refractivity contribution in [2.24, 2.45) is 4.99 Å². The monoisotopic (exact) mass is 299 g/mol. The van der Waals surface area contributed by atoms with E-state index in [4.69, 9.17) is 19.9 Å². The molecule has 0 fully saturated rings. The number of hydrogen-bond donors (Lipinski definition) is 2. The Balaban J connectivity index is 1.95. The molecule has 1 atom stereocenters. The molecule has 1 heterocycles. The molecule has 1 aliphatic rings. The minimum atomic E-state index is -0.474. The Labute approximate surface area is 128 Å². The summed E-state index contributed by atoms with van der Waals surface area (Å²) in [4.78, 5) is 4.33. The SMILES string of the molecule is COc1cc2c(cc1OC)C(Oc1cccc(N)c1)N=CN2. The zero-order chi connectivity index (χ0) is 15.5. The molecule has 0 aliphatic carbocycles. The number of nitrogens with one attached hydrogen (secondary N) is 1. The molecule has 3 N–H and O–H groups in total. The summed E-state index contributed by atoms with van der Waals surface area (Å²) >= 11 is 0. The number of rotatable bonds is 4. The molecule has 6 nitrogen and oxygen atoms in total. The van der Waals surface area contributed by atoms with Gasteiger partial charge in [-0.3, -0.25) is 0 Å². The first-order valence-electron chi connectivity index (χ1n) is 6.77. The predicted octanol–water partition coefficient (Wildman–Crippen LogP) is 2.82. The minimum Gasteiger partial charge on any atom is -0.493 e. The van der Waals surface area contributed by atoms with Gasteiger partial charge < -0.3 is 25.3 Å². The highest BCUT2D eigenvalue weighted by molar-refractivity contribution is 5.81. The van der Waals surface area contributed by atoms with E-state index >= 15 is 0 Å². The zero-order valence-corrected chi connectivity index (χ0v) is 12.4. The molecular weight excluding hydrogens is 282 g/mol. The number of fused-ring (bicyclic) bond motifs is 1. The van der Waals surface area contributed by atoms with Gasteiger partial charge in [-0.15, -0.1) is 0 Å². The number of aliphatic imine (C=N–C) groups is 1. The van der Waals surface area contributed by atoms with E-state index in [1.807, 2.05) is 24.3 Å². The molecule has 1 aliphatic heterocycles. The van der Waals surface area contributed by atoms with Crippen LogP contribution in [0.2, 0.25) is 0 Å². The maximum absolute atomic E-state index is 5.92. The van der Waals surface area contributed by atoms with Gasteiger partial charge in [0.1, 0.15) is 5.75 Å². The van der Waals surface area contributed by atoms with Crippen molar-refractivity contribution in [2.75, 3.05) is 25.3 Å². The Kier molecular flexibility index (Phi) is 3.74. The van der Waals surface area contributed by atoms with Crippen LogP contribution in [0.15, 0.2) is 41.4 Å². The van der Waals surface area contributed by atoms with Crippen LogP contribution in [0.4, 0.5) is 11.4 Å². The topological polar surface area (TPSA) is 78.1 Å². The quantitative estimate of drug-likeness (QED) is 0.849. The van der Waals surface area contributed by atoms with E-state index in [2.05, 4.69) is 10.3 Å². The number of nitrogens with two attached hydrogens (primary N) is 1. The third-order valence-electron chi connectivity index (χ3n) is 3.36. The van der Waals surface area contributed by atoms with Crippen LogP contribution in [0.1, 0.15) is 11.8 Å². The maximum atomic E-state index is 5.92. The van der Waals surface area contributed by atoms with Crippen molar-refractivity contribution in [3.05, 3.63) is 42.0 Å². The molecule has 3 rings (SSSR count). The predicted molar refractivity (Wildman–Crippen MR) is 85.9 cm³/mol. The number of anilines is 2. The lowest BCUT2D eigenvalue weighted by Crippen LogP contribution is -2.15. The van der Waals surface area contributed by atoms with Gasteiger partial charge >= 0.3 is 0 Å². The number of benzene rings is 2. The van der Waals surface area contributed by atoms with E-state index < -0.39 is 6.23 Å². The van der Waals surface area contributed by atoms with Gasteiger partial charge in [-0.1, -0.05) is 6.07 Å². The average Bonchev–Trinajstić information content (AvgIpc) is 2.54. The Morgan fingerprint density at radius 1 is 1.09 bits per heavy atom. The Morgan fingerprint density at radius 2 is 1.86 bits per heavy atom. The summed E-state index contributed by atoms with van der Waals surface area (Å²) in [5.41, 5.74) is 8.14. The smallest absolute Gasteiger partial charge is 0.219 e. The van der Waals surface area contributed by atoms with Crippen molar-refractivity contribution in [3.8, 4) is 17.2 Å². The number of hydrogen-bond acceptors (Lipinski definition) is 6. The van der Waals surface area contributed by atoms with Crippen molar-refractivity contribution >= 4 is 17.7 Å². The van der Waals surface area contributed by atoms with Crippen LogP contribution < -0.4 is 25.3 Å². The Hall–Kier alpha value is -2.89. The van der Waals surface area contributed by atoms with Crippen molar-refractivity contribution in [3.63, 3.8) is 0 Å². The van der Waals surface area contributed by atoms with E-state index in [1.165, 1.54) is 0 Å². The van der Waals surface area contributed by atoms with Crippen molar-refractivity contribution < 1.29 is 14.2 Å². The number of methoxy groups -OCH3 is 2. The Bertz CT molecular complexity index is 716. The van der Waals surface area contributed by atoms with Gasteiger partial charge in [-0.2, -0.15) is 0 Å². The molecule has 0 amide bonds. The zero-order valence-electron chi connectivity index (χ0n) is 12.4. The fraction of sp³-hybridized carbons (Fsp3) is 0.188. The lowest BCUT2D eigenvalue weighted by molar-refractivity contribution is 0.216. The minimum absolute atomic E-state index is 0.474. The number of nitrogens with zero attached hydrogens (tertiary/aromatic N) is 1. The third kappa shape index (κ3) is 2.63. The lowest BCUT2D eigenvalue weighted by atomic mass is 10.1. The molecule has 114 valence electrons. The molecule has 22 heavy (non-hydrogen) atoms. The van der Waals surface area contributed by atoms with E-state index in [0.717, 1.165) is 11.3 Å². The summed E-state index contributed by atoms with van der Waals surface area (Å²) in [6.07, 6.45) is 1.13. The van der Waals surface area contributed by atoms with E-state index in [0.29, 0.717) is 22.9 Å². The first-order chi connectivity index (χ1) is 10.7. The highest BCUT2D eigenvalue weighted by Gasteiger charge is 2.22. The van der Waals surface area contributed by atoms with Gasteiger partial charge in [0.15, 0.2) is 11.5 Å². The number of ether oxygens (including phenoxy) is 3. The average molecular weight is 299 g/mol. The second-order valence-corrected chi connectivity index (χ2v) is 4.76.